The van der Waals surface area contributed by atoms with Crippen LogP contribution in [-0.2, 0) is 9.78 Å². The molecule has 0 unspecified atom stereocenters. The molecule has 1 amide bonds. The zero-order chi connectivity index (χ0) is 7.11. The van der Waals surface area contributed by atoms with Crippen molar-refractivity contribution in [3.05, 3.63) is 0 Å². The van der Waals surface area contributed by atoms with E-state index in [0.29, 0.717) is 13.2 Å². The van der Waals surface area contributed by atoms with E-state index >= 15 is 0 Å². The third kappa shape index (κ3) is 7.52. The highest BCUT2D eigenvalue weighted by Gasteiger charge is 1.96. The molecule has 0 rings (SSSR count). The van der Waals surface area contributed by atoms with Gasteiger partial charge in [0.25, 0.3) is 0 Å². The van der Waals surface area contributed by atoms with Crippen molar-refractivity contribution < 1.29 is 14.6 Å². The fraction of sp³-hybridized carbons (Fsp3) is 0.800. The van der Waals surface area contributed by atoms with Crippen molar-refractivity contribution in [3.63, 3.8) is 0 Å². The van der Waals surface area contributed by atoms with Crippen LogP contribution in [0.15, 0.2) is 0 Å². The minimum Gasteiger partial charge on any atom is -0.319 e. The Morgan fingerprint density at radius 1 is 1.50 bits per heavy atom. The number of halogens is 1. The van der Waals surface area contributed by atoms with Gasteiger partial charge in [0, 0.05) is 6.54 Å². The minimum atomic E-state index is -0.542. The average Bonchev–Trinajstić information content (AvgIpc) is 1.85. The van der Waals surface area contributed by atoms with Gasteiger partial charge in [-0.15, -0.1) is 12.4 Å². The number of hydrogen-bond donors (Lipinski definition) is 1. The van der Waals surface area contributed by atoms with Crippen molar-refractivity contribution in [1.29, 1.82) is 0 Å². The van der Waals surface area contributed by atoms with E-state index in [0.717, 1.165) is 0 Å². The lowest BCUT2D eigenvalue weighted by Crippen LogP contribution is -2.23. The van der Waals surface area contributed by atoms with Crippen LogP contribution in [0.2, 0.25) is 0 Å². The van der Waals surface area contributed by atoms with Crippen molar-refractivity contribution in [1.82, 2.24) is 5.32 Å². The van der Waals surface area contributed by atoms with Crippen molar-refractivity contribution in [3.8, 4) is 0 Å². The molecule has 0 bridgehead atoms. The highest BCUT2D eigenvalue weighted by atomic mass is 35.5. The zero-order valence-electron chi connectivity index (χ0n) is 6.05. The Morgan fingerprint density at radius 2 is 2.10 bits per heavy atom. The second-order valence-electron chi connectivity index (χ2n) is 1.31. The number of carbonyl (C=O) groups is 1. The standard InChI is InChI=1S/C5H11NO3.ClH/c1-3-6-5(7)9-8-4-2;/h3-4H2,1-2H3,(H,6,7);1H. The highest BCUT2D eigenvalue weighted by molar-refractivity contribution is 5.85. The van der Waals surface area contributed by atoms with Crippen LogP contribution >= 0.6 is 12.4 Å². The number of rotatable bonds is 3. The SMILES string of the molecule is CCNC(=O)OOCC.Cl. The minimum absolute atomic E-state index is 0. The second kappa shape index (κ2) is 8.52. The van der Waals surface area contributed by atoms with E-state index < -0.39 is 6.09 Å². The number of carbonyl (C=O) groups excluding carboxylic acids is 1. The molecule has 4 nitrogen and oxygen atoms in total. The van der Waals surface area contributed by atoms with Gasteiger partial charge in [-0.05, 0) is 13.8 Å². The van der Waals surface area contributed by atoms with Crippen LogP contribution in [0.5, 0.6) is 0 Å². The summed E-state index contributed by atoms with van der Waals surface area (Å²) >= 11 is 0. The first-order valence-electron chi connectivity index (χ1n) is 2.88. The van der Waals surface area contributed by atoms with E-state index in [1.165, 1.54) is 0 Å². The molecule has 0 fully saturated rings. The summed E-state index contributed by atoms with van der Waals surface area (Å²) in [7, 11) is 0. The molecule has 10 heavy (non-hydrogen) atoms. The highest BCUT2D eigenvalue weighted by Crippen LogP contribution is 1.77. The van der Waals surface area contributed by atoms with Crippen LogP contribution in [0.1, 0.15) is 13.8 Å². The third-order valence-corrected chi connectivity index (χ3v) is 0.574. The maximum Gasteiger partial charge on any atom is 0.438 e. The van der Waals surface area contributed by atoms with E-state index in [1.807, 2.05) is 0 Å². The molecular weight excluding hydrogens is 158 g/mol. The normalized spacial score (nSPS) is 7.80. The molecule has 0 saturated carbocycles. The topological polar surface area (TPSA) is 47.6 Å². The first-order valence-corrected chi connectivity index (χ1v) is 2.88. The molecule has 5 heteroatoms. The molecule has 0 aliphatic carbocycles. The lowest BCUT2D eigenvalue weighted by Gasteiger charge is -1.99. The van der Waals surface area contributed by atoms with Gasteiger partial charge in [-0.3, -0.25) is 4.89 Å². The molecule has 0 aliphatic rings. The summed E-state index contributed by atoms with van der Waals surface area (Å²) in [6, 6.07) is 0. The van der Waals surface area contributed by atoms with Gasteiger partial charge in [-0.1, -0.05) is 0 Å². The summed E-state index contributed by atoms with van der Waals surface area (Å²) in [4.78, 5) is 18.9. The average molecular weight is 170 g/mol. The first kappa shape index (κ1) is 12.2. The Kier molecular flexibility index (Phi) is 10.4. The summed E-state index contributed by atoms with van der Waals surface area (Å²) in [5, 5.41) is 2.39. The summed E-state index contributed by atoms with van der Waals surface area (Å²) in [6.07, 6.45) is -0.542. The van der Waals surface area contributed by atoms with Crippen LogP contribution < -0.4 is 5.32 Å². The Labute approximate surface area is 66.2 Å². The number of nitrogens with one attached hydrogen (secondary N) is 1. The molecular formula is C5H12ClNO3. The quantitative estimate of drug-likeness (QED) is 0.509. The molecule has 0 radical (unpaired) electrons. The maximum atomic E-state index is 10.3. The van der Waals surface area contributed by atoms with Crippen LogP contribution in [0.25, 0.3) is 0 Å². The van der Waals surface area contributed by atoms with Crippen LogP contribution in [0, 0.1) is 0 Å². The zero-order valence-corrected chi connectivity index (χ0v) is 6.86. The van der Waals surface area contributed by atoms with Gasteiger partial charge < -0.3 is 5.32 Å². The molecule has 0 saturated heterocycles. The molecule has 0 atom stereocenters. The van der Waals surface area contributed by atoms with Crippen molar-refractivity contribution in [2.75, 3.05) is 13.2 Å². The van der Waals surface area contributed by atoms with E-state index in [9.17, 15) is 4.79 Å². The van der Waals surface area contributed by atoms with Crippen LogP contribution in [0.3, 0.4) is 0 Å². The van der Waals surface area contributed by atoms with Gasteiger partial charge in [-0.2, -0.15) is 4.89 Å². The largest absolute Gasteiger partial charge is 0.438 e. The fourth-order valence-corrected chi connectivity index (χ4v) is 0.286. The van der Waals surface area contributed by atoms with E-state index in [-0.39, 0.29) is 12.4 Å². The predicted octanol–water partition coefficient (Wildman–Crippen LogP) is 1.11. The smallest absolute Gasteiger partial charge is 0.319 e. The Hall–Kier alpha value is -0.480. The Bertz CT molecular complexity index is 89.0. The molecule has 0 aromatic rings. The fourth-order valence-electron chi connectivity index (χ4n) is 0.286. The summed E-state index contributed by atoms with van der Waals surface area (Å²) in [5.41, 5.74) is 0. The summed E-state index contributed by atoms with van der Waals surface area (Å²) in [6.45, 7) is 4.45. The molecule has 0 heterocycles. The van der Waals surface area contributed by atoms with Gasteiger partial charge in [-0.25, -0.2) is 4.79 Å². The Balaban J connectivity index is 0. The van der Waals surface area contributed by atoms with Gasteiger partial charge in [0.05, 0.1) is 6.61 Å². The van der Waals surface area contributed by atoms with Gasteiger partial charge in [0.15, 0.2) is 0 Å². The molecule has 0 spiro atoms. The monoisotopic (exact) mass is 169 g/mol. The predicted molar refractivity (Wildman–Crippen MR) is 39.0 cm³/mol. The van der Waals surface area contributed by atoms with E-state index in [4.69, 9.17) is 0 Å². The van der Waals surface area contributed by atoms with E-state index in [2.05, 4.69) is 15.1 Å². The van der Waals surface area contributed by atoms with Crippen LogP contribution in [-0.4, -0.2) is 19.2 Å². The van der Waals surface area contributed by atoms with Gasteiger partial charge in [0.1, 0.15) is 0 Å². The second-order valence-corrected chi connectivity index (χ2v) is 1.31. The molecule has 0 aromatic carbocycles. The van der Waals surface area contributed by atoms with Crippen molar-refractivity contribution >= 4 is 18.5 Å². The van der Waals surface area contributed by atoms with Crippen molar-refractivity contribution in [2.24, 2.45) is 0 Å². The number of amides is 1. The number of hydrogen-bond acceptors (Lipinski definition) is 3. The Morgan fingerprint density at radius 3 is 2.50 bits per heavy atom. The third-order valence-electron chi connectivity index (χ3n) is 0.574. The van der Waals surface area contributed by atoms with Crippen molar-refractivity contribution in [2.45, 2.75) is 13.8 Å². The van der Waals surface area contributed by atoms with Gasteiger partial charge in [0.2, 0.25) is 0 Å². The van der Waals surface area contributed by atoms with E-state index in [1.54, 1.807) is 13.8 Å². The summed E-state index contributed by atoms with van der Waals surface area (Å²) in [5.74, 6) is 0. The molecule has 0 aromatic heterocycles. The van der Waals surface area contributed by atoms with Crippen LogP contribution in [0.4, 0.5) is 4.79 Å². The van der Waals surface area contributed by atoms with Gasteiger partial charge >= 0.3 is 6.09 Å². The lowest BCUT2D eigenvalue weighted by molar-refractivity contribution is -0.234. The molecule has 1 N–H and O–H groups in total. The lowest BCUT2D eigenvalue weighted by atomic mass is 10.8. The summed E-state index contributed by atoms with van der Waals surface area (Å²) < 4.78 is 0. The first-order chi connectivity index (χ1) is 4.31. The maximum absolute atomic E-state index is 10.3. The molecule has 62 valence electrons. The molecule has 0 aliphatic heterocycles.